The van der Waals surface area contributed by atoms with Gasteiger partial charge in [0, 0.05) is 7.05 Å². The van der Waals surface area contributed by atoms with Gasteiger partial charge in [-0.2, -0.15) is 0 Å². The molecule has 34 heavy (non-hydrogen) atoms. The van der Waals surface area contributed by atoms with E-state index in [1.165, 1.54) is 0 Å². The molecule has 3 N–H and O–H groups in total. The van der Waals surface area contributed by atoms with E-state index in [0.717, 1.165) is 30.4 Å². The molecule has 0 saturated heterocycles. The predicted octanol–water partition coefficient (Wildman–Crippen LogP) is 2.29. The summed E-state index contributed by atoms with van der Waals surface area (Å²) in [6, 6.07) is 7.74. The van der Waals surface area contributed by atoms with Gasteiger partial charge in [0.2, 0.25) is 5.91 Å². The first-order chi connectivity index (χ1) is 16.0. The van der Waals surface area contributed by atoms with E-state index >= 15 is 0 Å². The topological polar surface area (TPSA) is 122 Å². The summed E-state index contributed by atoms with van der Waals surface area (Å²) >= 11 is 0. The van der Waals surface area contributed by atoms with E-state index in [-0.39, 0.29) is 41.3 Å². The van der Waals surface area contributed by atoms with Gasteiger partial charge in [0.1, 0.15) is 0 Å². The van der Waals surface area contributed by atoms with Crippen molar-refractivity contribution < 1.29 is 27.9 Å². The summed E-state index contributed by atoms with van der Waals surface area (Å²) in [5.74, 6) is -0.795. The normalized spacial score (nSPS) is 17.4. The molecule has 1 amide bonds. The van der Waals surface area contributed by atoms with Crippen molar-refractivity contribution in [3.8, 4) is 0 Å². The SMILES string of the molecule is CCOC(=O)C(C)Cc1cccc(C(C)(CCCC2(CS(=O)(=O)CCO)CC2)C(=O)NNC)c1. The maximum Gasteiger partial charge on any atom is 0.308 e. The van der Waals surface area contributed by atoms with E-state index < -0.39 is 15.3 Å². The van der Waals surface area contributed by atoms with Crippen LogP contribution in [0.1, 0.15) is 64.0 Å². The third-order valence-electron chi connectivity index (χ3n) is 6.80. The predicted molar refractivity (Wildman–Crippen MR) is 132 cm³/mol. The summed E-state index contributed by atoms with van der Waals surface area (Å²) in [6.45, 7) is 5.50. The second-order valence-corrected chi connectivity index (χ2v) is 11.9. The Morgan fingerprint density at radius 2 is 2.00 bits per heavy atom. The van der Waals surface area contributed by atoms with Gasteiger partial charge in [-0.1, -0.05) is 37.6 Å². The largest absolute Gasteiger partial charge is 0.466 e. The standard InChI is InChI=1S/C25H40N2O6S/c1-5-33-22(29)19(2)16-20-8-6-9-21(17-20)24(3,23(30)27-26-4)10-7-11-25(12-13-25)18-34(31,32)15-14-28/h6,8-9,17,19,26,28H,5,7,10-16,18H2,1-4H3,(H,27,30). The molecule has 192 valence electrons. The zero-order valence-corrected chi connectivity index (χ0v) is 21.7. The van der Waals surface area contributed by atoms with Gasteiger partial charge in [0.05, 0.1) is 36.1 Å². The van der Waals surface area contributed by atoms with Crippen LogP contribution in [0.3, 0.4) is 0 Å². The monoisotopic (exact) mass is 496 g/mol. The molecule has 0 aromatic heterocycles. The molecule has 0 spiro atoms. The number of hydrazine groups is 1. The molecular formula is C25H40N2O6S. The van der Waals surface area contributed by atoms with Crippen molar-refractivity contribution in [3.05, 3.63) is 35.4 Å². The molecule has 1 aromatic rings. The van der Waals surface area contributed by atoms with Crippen molar-refractivity contribution in [2.24, 2.45) is 11.3 Å². The zero-order valence-electron chi connectivity index (χ0n) is 20.9. The van der Waals surface area contributed by atoms with Crippen molar-refractivity contribution >= 4 is 21.7 Å². The van der Waals surface area contributed by atoms with Crippen LogP contribution in [-0.2, 0) is 36.0 Å². The quantitative estimate of drug-likeness (QED) is 0.252. The lowest BCUT2D eigenvalue weighted by Crippen LogP contribution is -2.47. The molecule has 2 unspecified atom stereocenters. The summed E-state index contributed by atoms with van der Waals surface area (Å²) in [5, 5.41) is 9.02. The number of rotatable bonds is 15. The van der Waals surface area contributed by atoms with Crippen molar-refractivity contribution in [2.75, 3.05) is 31.8 Å². The van der Waals surface area contributed by atoms with Crippen molar-refractivity contribution in [2.45, 2.75) is 64.7 Å². The number of ether oxygens (including phenoxy) is 1. The second kappa shape index (κ2) is 12.1. The Morgan fingerprint density at radius 3 is 2.59 bits per heavy atom. The number of amides is 1. The Balaban J connectivity index is 2.15. The Morgan fingerprint density at radius 1 is 1.29 bits per heavy atom. The molecule has 2 rings (SSSR count). The van der Waals surface area contributed by atoms with E-state index in [4.69, 9.17) is 9.84 Å². The fraction of sp³-hybridized carbons (Fsp3) is 0.680. The van der Waals surface area contributed by atoms with Gasteiger partial charge < -0.3 is 9.84 Å². The van der Waals surface area contributed by atoms with Crippen LogP contribution in [0, 0.1) is 11.3 Å². The van der Waals surface area contributed by atoms with Crippen molar-refractivity contribution in [3.63, 3.8) is 0 Å². The number of benzene rings is 1. The first kappa shape index (κ1) is 28.3. The number of carbonyl (C=O) groups is 2. The number of aliphatic hydroxyl groups excluding tert-OH is 1. The third kappa shape index (κ3) is 7.78. The van der Waals surface area contributed by atoms with Crippen LogP contribution in [0.15, 0.2) is 24.3 Å². The molecule has 8 nitrogen and oxygen atoms in total. The molecule has 2 atom stereocenters. The highest BCUT2D eigenvalue weighted by molar-refractivity contribution is 7.91. The van der Waals surface area contributed by atoms with Crippen LogP contribution in [0.4, 0.5) is 0 Å². The van der Waals surface area contributed by atoms with E-state index in [9.17, 15) is 18.0 Å². The molecule has 1 aliphatic carbocycles. The van der Waals surface area contributed by atoms with Gasteiger partial charge >= 0.3 is 5.97 Å². The summed E-state index contributed by atoms with van der Waals surface area (Å²) in [6.07, 6.45) is 4.21. The van der Waals surface area contributed by atoms with Crippen LogP contribution in [0.25, 0.3) is 0 Å². The average Bonchev–Trinajstić information content (AvgIpc) is 3.52. The summed E-state index contributed by atoms with van der Waals surface area (Å²) in [5.41, 5.74) is 6.18. The number of carbonyl (C=O) groups excluding carboxylic acids is 2. The highest BCUT2D eigenvalue weighted by Crippen LogP contribution is 2.51. The molecule has 1 fully saturated rings. The molecule has 1 aliphatic rings. The fourth-order valence-electron chi connectivity index (χ4n) is 4.54. The lowest BCUT2D eigenvalue weighted by Gasteiger charge is -2.30. The third-order valence-corrected chi connectivity index (χ3v) is 8.66. The maximum atomic E-state index is 13.1. The summed E-state index contributed by atoms with van der Waals surface area (Å²) < 4.78 is 29.5. The molecule has 9 heteroatoms. The first-order valence-electron chi connectivity index (χ1n) is 12.1. The smallest absolute Gasteiger partial charge is 0.308 e. The Hall–Kier alpha value is -1.97. The molecule has 1 saturated carbocycles. The number of esters is 1. The number of sulfone groups is 1. The summed E-state index contributed by atoms with van der Waals surface area (Å²) in [4.78, 5) is 25.2. The highest BCUT2D eigenvalue weighted by Gasteiger charge is 2.46. The van der Waals surface area contributed by atoms with E-state index in [0.29, 0.717) is 25.9 Å². The second-order valence-electron chi connectivity index (χ2n) is 9.76. The van der Waals surface area contributed by atoms with Crippen LogP contribution < -0.4 is 10.9 Å². The highest BCUT2D eigenvalue weighted by atomic mass is 32.2. The Kier molecular flexibility index (Phi) is 10.1. The summed E-state index contributed by atoms with van der Waals surface area (Å²) in [7, 11) is -1.64. The van der Waals surface area contributed by atoms with E-state index in [2.05, 4.69) is 10.9 Å². The molecule has 0 aliphatic heterocycles. The van der Waals surface area contributed by atoms with Gasteiger partial charge in [0.15, 0.2) is 9.84 Å². The number of aliphatic hydroxyl groups is 1. The average molecular weight is 497 g/mol. The number of nitrogens with one attached hydrogen (secondary N) is 2. The van der Waals surface area contributed by atoms with Crippen LogP contribution in [-0.4, -0.2) is 57.2 Å². The minimum Gasteiger partial charge on any atom is -0.466 e. The Labute approximate surface area is 203 Å². The maximum absolute atomic E-state index is 13.1. The lowest BCUT2D eigenvalue weighted by atomic mass is 9.76. The number of hydrogen-bond donors (Lipinski definition) is 3. The van der Waals surface area contributed by atoms with Crippen LogP contribution in [0.2, 0.25) is 0 Å². The molecule has 0 bridgehead atoms. The van der Waals surface area contributed by atoms with E-state index in [1.54, 1.807) is 14.0 Å². The van der Waals surface area contributed by atoms with Crippen molar-refractivity contribution in [1.82, 2.24) is 10.9 Å². The van der Waals surface area contributed by atoms with Gasteiger partial charge in [-0.3, -0.25) is 15.0 Å². The van der Waals surface area contributed by atoms with Gasteiger partial charge in [-0.25, -0.2) is 13.8 Å². The van der Waals surface area contributed by atoms with Crippen molar-refractivity contribution in [1.29, 1.82) is 0 Å². The molecule has 1 aromatic carbocycles. The fourth-order valence-corrected chi connectivity index (χ4v) is 6.33. The van der Waals surface area contributed by atoms with Crippen LogP contribution >= 0.6 is 0 Å². The molecule has 0 radical (unpaired) electrons. The minimum atomic E-state index is -3.28. The van der Waals surface area contributed by atoms with Crippen LogP contribution in [0.5, 0.6) is 0 Å². The Bertz CT molecular complexity index is 944. The zero-order chi connectivity index (χ0) is 25.4. The lowest BCUT2D eigenvalue weighted by molar-refractivity contribution is -0.147. The van der Waals surface area contributed by atoms with Gasteiger partial charge in [-0.15, -0.1) is 0 Å². The van der Waals surface area contributed by atoms with E-state index in [1.807, 2.05) is 38.1 Å². The minimum absolute atomic E-state index is 0.0984. The molecule has 0 heterocycles. The first-order valence-corrected chi connectivity index (χ1v) is 13.9. The molecular weight excluding hydrogens is 456 g/mol. The van der Waals surface area contributed by atoms with Gasteiger partial charge in [0.25, 0.3) is 0 Å². The number of hydrogen-bond acceptors (Lipinski definition) is 7. The van der Waals surface area contributed by atoms with Gasteiger partial charge in [-0.05, 0) is 62.5 Å².